The molecule has 0 radical (unpaired) electrons. The number of hydrogen-bond acceptors (Lipinski definition) is 3. The number of amides is 1. The fourth-order valence-electron chi connectivity index (χ4n) is 0.935. The summed E-state index contributed by atoms with van der Waals surface area (Å²) in [5.74, 6) is -0.885. The van der Waals surface area contributed by atoms with E-state index in [4.69, 9.17) is 10.8 Å². The summed E-state index contributed by atoms with van der Waals surface area (Å²) in [6, 6.07) is 0. The predicted molar refractivity (Wildman–Crippen MR) is 57.3 cm³/mol. The van der Waals surface area contributed by atoms with E-state index in [1.54, 1.807) is 13.8 Å². The van der Waals surface area contributed by atoms with Crippen LogP contribution in [-0.4, -0.2) is 30.1 Å². The molecule has 0 fully saturated rings. The summed E-state index contributed by atoms with van der Waals surface area (Å²) in [7, 11) is 0. The molecule has 0 aliphatic carbocycles. The molecule has 0 bridgehead atoms. The Morgan fingerprint density at radius 1 is 1.33 bits per heavy atom. The fraction of sp³-hybridized carbons (Fsp3) is 0.800. The zero-order valence-electron chi connectivity index (χ0n) is 9.38. The van der Waals surface area contributed by atoms with Crippen molar-refractivity contribution in [1.29, 1.82) is 0 Å². The molecule has 15 heavy (non-hydrogen) atoms. The highest BCUT2D eigenvalue weighted by Crippen LogP contribution is 2.11. The lowest BCUT2D eigenvalue weighted by Crippen LogP contribution is -2.42. The number of nitrogens with one attached hydrogen (secondary N) is 1. The van der Waals surface area contributed by atoms with Crippen molar-refractivity contribution < 1.29 is 14.7 Å². The van der Waals surface area contributed by atoms with Crippen LogP contribution in [0.25, 0.3) is 0 Å². The van der Waals surface area contributed by atoms with Crippen molar-refractivity contribution in [3.63, 3.8) is 0 Å². The molecule has 88 valence electrons. The van der Waals surface area contributed by atoms with Crippen LogP contribution in [0.5, 0.6) is 0 Å². The molecule has 0 saturated carbocycles. The van der Waals surface area contributed by atoms with E-state index in [0.717, 1.165) is 0 Å². The summed E-state index contributed by atoms with van der Waals surface area (Å²) in [6.45, 7) is 4.36. The molecule has 4 N–H and O–H groups in total. The van der Waals surface area contributed by atoms with Gasteiger partial charge in [0.05, 0.1) is 5.41 Å². The van der Waals surface area contributed by atoms with Gasteiger partial charge in [-0.25, -0.2) is 0 Å². The molecule has 5 heteroatoms. The SMILES string of the molecule is CC(C)(CN)C(=O)NCCCCC(=O)O. The number of hydrogen-bond donors (Lipinski definition) is 3. The maximum Gasteiger partial charge on any atom is 0.303 e. The van der Waals surface area contributed by atoms with Crippen molar-refractivity contribution in [2.24, 2.45) is 11.1 Å². The highest BCUT2D eigenvalue weighted by atomic mass is 16.4. The fourth-order valence-corrected chi connectivity index (χ4v) is 0.935. The summed E-state index contributed by atoms with van der Waals surface area (Å²) < 4.78 is 0. The van der Waals surface area contributed by atoms with Crippen molar-refractivity contribution in [2.75, 3.05) is 13.1 Å². The Morgan fingerprint density at radius 2 is 1.93 bits per heavy atom. The van der Waals surface area contributed by atoms with Gasteiger partial charge < -0.3 is 16.2 Å². The van der Waals surface area contributed by atoms with Gasteiger partial charge in [0.2, 0.25) is 5.91 Å². The van der Waals surface area contributed by atoms with E-state index in [2.05, 4.69) is 5.32 Å². The van der Waals surface area contributed by atoms with Gasteiger partial charge in [-0.15, -0.1) is 0 Å². The molecule has 0 atom stereocenters. The van der Waals surface area contributed by atoms with Crippen LogP contribution in [0.2, 0.25) is 0 Å². The number of carboxylic acids is 1. The van der Waals surface area contributed by atoms with Gasteiger partial charge in [-0.1, -0.05) is 0 Å². The van der Waals surface area contributed by atoms with Gasteiger partial charge in [-0.05, 0) is 26.7 Å². The van der Waals surface area contributed by atoms with Crippen LogP contribution in [0.1, 0.15) is 33.1 Å². The second-order valence-corrected chi connectivity index (χ2v) is 4.19. The maximum atomic E-state index is 11.5. The molecule has 1 amide bonds. The molecule has 0 aliphatic rings. The molecular weight excluding hydrogens is 196 g/mol. The van der Waals surface area contributed by atoms with Crippen molar-refractivity contribution in [3.8, 4) is 0 Å². The Kier molecular flexibility index (Phi) is 5.93. The first kappa shape index (κ1) is 13.9. The second kappa shape index (κ2) is 6.40. The first-order chi connectivity index (χ1) is 6.90. The van der Waals surface area contributed by atoms with Gasteiger partial charge in [0.15, 0.2) is 0 Å². The van der Waals surface area contributed by atoms with Gasteiger partial charge in [0, 0.05) is 19.5 Å². The average molecular weight is 216 g/mol. The van der Waals surface area contributed by atoms with Gasteiger partial charge >= 0.3 is 5.97 Å². The Labute approximate surface area is 90.0 Å². The van der Waals surface area contributed by atoms with Gasteiger partial charge in [0.1, 0.15) is 0 Å². The predicted octanol–water partition coefficient (Wildman–Crippen LogP) is 0.342. The molecule has 0 rings (SSSR count). The standard InChI is InChI=1S/C10H20N2O3/c1-10(2,7-11)9(15)12-6-4-3-5-8(13)14/h3-7,11H2,1-2H3,(H,12,15)(H,13,14). The van der Waals surface area contributed by atoms with Gasteiger partial charge in [0.25, 0.3) is 0 Å². The number of nitrogens with two attached hydrogens (primary N) is 1. The maximum absolute atomic E-state index is 11.5. The van der Waals surface area contributed by atoms with Crippen LogP contribution >= 0.6 is 0 Å². The third kappa shape index (κ3) is 6.06. The summed E-state index contributed by atoms with van der Waals surface area (Å²) in [4.78, 5) is 21.7. The molecular formula is C10H20N2O3. The van der Waals surface area contributed by atoms with Crippen molar-refractivity contribution in [1.82, 2.24) is 5.32 Å². The number of carboxylic acid groups (broad SMARTS) is 1. The molecule has 0 aliphatic heterocycles. The number of aliphatic carboxylic acids is 1. The van der Waals surface area contributed by atoms with E-state index in [1.807, 2.05) is 0 Å². The van der Waals surface area contributed by atoms with Gasteiger partial charge in [-0.2, -0.15) is 0 Å². The summed E-state index contributed by atoms with van der Waals surface area (Å²) in [5, 5.41) is 11.1. The Balaban J connectivity index is 3.60. The second-order valence-electron chi connectivity index (χ2n) is 4.19. The lowest BCUT2D eigenvalue weighted by molar-refractivity contribution is -0.137. The van der Waals surface area contributed by atoms with Gasteiger partial charge in [-0.3, -0.25) is 9.59 Å². The van der Waals surface area contributed by atoms with E-state index < -0.39 is 11.4 Å². The van der Waals surface area contributed by atoms with Crippen molar-refractivity contribution in [3.05, 3.63) is 0 Å². The third-order valence-electron chi connectivity index (χ3n) is 2.23. The van der Waals surface area contributed by atoms with Crippen LogP contribution in [-0.2, 0) is 9.59 Å². The minimum absolute atomic E-state index is 0.0830. The van der Waals surface area contributed by atoms with E-state index in [-0.39, 0.29) is 12.3 Å². The number of carbonyl (C=O) groups excluding carboxylic acids is 1. The Hall–Kier alpha value is -1.10. The minimum atomic E-state index is -0.802. The topological polar surface area (TPSA) is 92.4 Å². The lowest BCUT2D eigenvalue weighted by atomic mass is 9.93. The quantitative estimate of drug-likeness (QED) is 0.535. The normalized spacial score (nSPS) is 11.1. The van der Waals surface area contributed by atoms with Crippen molar-refractivity contribution >= 4 is 11.9 Å². The number of carbonyl (C=O) groups is 2. The molecule has 5 nitrogen and oxygen atoms in total. The molecule has 0 heterocycles. The zero-order valence-corrected chi connectivity index (χ0v) is 9.38. The van der Waals surface area contributed by atoms with Crippen molar-refractivity contribution in [2.45, 2.75) is 33.1 Å². The molecule has 0 unspecified atom stereocenters. The third-order valence-corrected chi connectivity index (χ3v) is 2.23. The van der Waals surface area contributed by atoms with Crippen LogP contribution in [0.4, 0.5) is 0 Å². The van der Waals surface area contributed by atoms with Crippen LogP contribution in [0, 0.1) is 5.41 Å². The first-order valence-corrected chi connectivity index (χ1v) is 5.10. The van der Waals surface area contributed by atoms with E-state index >= 15 is 0 Å². The Bertz CT molecular complexity index is 227. The number of unbranched alkanes of at least 4 members (excludes halogenated alkanes) is 1. The smallest absolute Gasteiger partial charge is 0.303 e. The van der Waals surface area contributed by atoms with E-state index in [0.29, 0.717) is 25.9 Å². The molecule has 0 aromatic rings. The van der Waals surface area contributed by atoms with Crippen LogP contribution in [0.15, 0.2) is 0 Å². The zero-order chi connectivity index (χ0) is 11.9. The first-order valence-electron chi connectivity index (χ1n) is 5.10. The molecule has 0 spiro atoms. The number of rotatable bonds is 7. The average Bonchev–Trinajstić information content (AvgIpc) is 2.16. The lowest BCUT2D eigenvalue weighted by Gasteiger charge is -2.21. The largest absolute Gasteiger partial charge is 0.481 e. The summed E-state index contributed by atoms with van der Waals surface area (Å²) in [6.07, 6.45) is 1.41. The van der Waals surface area contributed by atoms with E-state index in [1.165, 1.54) is 0 Å². The monoisotopic (exact) mass is 216 g/mol. The highest BCUT2D eigenvalue weighted by molar-refractivity contribution is 5.81. The minimum Gasteiger partial charge on any atom is -0.481 e. The molecule has 0 aromatic carbocycles. The summed E-state index contributed by atoms with van der Waals surface area (Å²) >= 11 is 0. The highest BCUT2D eigenvalue weighted by Gasteiger charge is 2.24. The van der Waals surface area contributed by atoms with E-state index in [9.17, 15) is 9.59 Å². The van der Waals surface area contributed by atoms with Crippen LogP contribution in [0.3, 0.4) is 0 Å². The Morgan fingerprint density at radius 3 is 2.40 bits per heavy atom. The molecule has 0 aromatic heterocycles. The summed E-state index contributed by atoms with van der Waals surface area (Å²) in [5.41, 5.74) is 4.89. The molecule has 0 saturated heterocycles. The van der Waals surface area contributed by atoms with Crippen LogP contribution < -0.4 is 11.1 Å².